The lowest BCUT2D eigenvalue weighted by Gasteiger charge is -2.35. The summed E-state index contributed by atoms with van der Waals surface area (Å²) in [7, 11) is -1.46. The maximum absolute atomic E-state index is 10.3. The molecule has 0 amide bonds. The molecule has 1 N–H and O–H groups in total. The van der Waals surface area contributed by atoms with Crippen LogP contribution in [0.5, 0.6) is 0 Å². The Morgan fingerprint density at radius 2 is 1.72 bits per heavy atom. The molecule has 1 rings (SSSR count). The van der Waals surface area contributed by atoms with Crippen molar-refractivity contribution in [2.75, 3.05) is 0 Å². The third-order valence-electron chi connectivity index (χ3n) is 3.22. The van der Waals surface area contributed by atoms with E-state index in [0.717, 1.165) is 32.1 Å². The van der Waals surface area contributed by atoms with Crippen LogP contribution in [0.25, 0.3) is 0 Å². The zero-order valence-electron chi connectivity index (χ0n) is 12.2. The third-order valence-corrected chi connectivity index (χ3v) is 5.02. The van der Waals surface area contributed by atoms with Crippen molar-refractivity contribution >= 4 is 8.53 Å². The molecule has 106 valence electrons. The van der Waals surface area contributed by atoms with Crippen LogP contribution in [0, 0.1) is 0 Å². The van der Waals surface area contributed by atoms with Gasteiger partial charge in [0, 0.05) is 12.1 Å². The van der Waals surface area contributed by atoms with Gasteiger partial charge in [0.1, 0.15) is 0 Å². The Morgan fingerprint density at radius 3 is 2.33 bits per heavy atom. The van der Waals surface area contributed by atoms with Gasteiger partial charge in [-0.3, -0.25) is 0 Å². The molecule has 0 saturated carbocycles. The molecule has 0 aromatic carbocycles. The van der Waals surface area contributed by atoms with E-state index in [-0.39, 0.29) is 6.10 Å². The molecule has 0 fully saturated rings. The summed E-state index contributed by atoms with van der Waals surface area (Å²) in [6, 6.07) is 0.629. The highest BCUT2D eigenvalue weighted by molar-refractivity contribution is 7.43. The van der Waals surface area contributed by atoms with E-state index in [1.165, 1.54) is 0 Å². The normalized spacial score (nSPS) is 23.4. The van der Waals surface area contributed by atoms with E-state index < -0.39 is 8.53 Å². The first kappa shape index (κ1) is 16.1. The minimum atomic E-state index is -1.46. The average molecular weight is 273 g/mol. The smallest absolute Gasteiger partial charge is 0.256 e. The first-order chi connectivity index (χ1) is 8.52. The number of nitrogens with zero attached hydrogens (tertiary/aromatic N) is 1. The molecule has 0 saturated heterocycles. The molecule has 0 heterocycles. The van der Waals surface area contributed by atoms with E-state index in [0.29, 0.717) is 12.1 Å². The Morgan fingerprint density at radius 1 is 1.11 bits per heavy atom. The Labute approximate surface area is 113 Å². The van der Waals surface area contributed by atoms with Gasteiger partial charge >= 0.3 is 0 Å². The Balaban J connectivity index is 2.50. The van der Waals surface area contributed by atoms with Crippen LogP contribution in [-0.2, 0) is 4.52 Å². The van der Waals surface area contributed by atoms with Crippen LogP contribution < -0.4 is 0 Å². The monoisotopic (exact) mass is 273 g/mol. The third kappa shape index (κ3) is 5.36. The standard InChI is InChI=1S/C14H28NO2P/c1-12(2)15(13(3)4)18(16)17-14-10-8-6-5-7-9-11-14/h5-6,12-14,16H,7-11H2,1-4H3. The summed E-state index contributed by atoms with van der Waals surface area (Å²) in [4.78, 5) is 10.3. The molecule has 0 aromatic heterocycles. The number of rotatable bonds is 5. The average Bonchev–Trinajstić information content (AvgIpc) is 2.20. The van der Waals surface area contributed by atoms with Crippen molar-refractivity contribution in [1.82, 2.24) is 4.67 Å². The van der Waals surface area contributed by atoms with Gasteiger partial charge < -0.3 is 9.42 Å². The first-order valence-corrected chi connectivity index (χ1v) is 8.28. The quantitative estimate of drug-likeness (QED) is 0.601. The largest absolute Gasteiger partial charge is 0.338 e. The summed E-state index contributed by atoms with van der Waals surface area (Å²) < 4.78 is 8.00. The Hall–Kier alpha value is 0.0500. The fraction of sp³-hybridized carbons (Fsp3) is 0.857. The van der Waals surface area contributed by atoms with Gasteiger partial charge in [0.05, 0.1) is 6.10 Å². The molecule has 0 aromatic rings. The van der Waals surface area contributed by atoms with E-state index in [2.05, 4.69) is 44.5 Å². The maximum Gasteiger partial charge on any atom is 0.256 e. The molecule has 1 aliphatic rings. The van der Waals surface area contributed by atoms with Crippen LogP contribution in [0.2, 0.25) is 0 Å². The van der Waals surface area contributed by atoms with Crippen LogP contribution in [0.1, 0.15) is 59.8 Å². The predicted octanol–water partition coefficient (Wildman–Crippen LogP) is 4.23. The van der Waals surface area contributed by atoms with E-state index in [4.69, 9.17) is 4.52 Å². The van der Waals surface area contributed by atoms with E-state index in [9.17, 15) is 4.89 Å². The van der Waals surface area contributed by atoms with Gasteiger partial charge in [0.2, 0.25) is 0 Å². The van der Waals surface area contributed by atoms with Gasteiger partial charge in [-0.05, 0) is 59.8 Å². The molecule has 0 radical (unpaired) electrons. The van der Waals surface area contributed by atoms with Gasteiger partial charge in [-0.25, -0.2) is 4.67 Å². The van der Waals surface area contributed by atoms with Crippen molar-refractivity contribution in [1.29, 1.82) is 0 Å². The van der Waals surface area contributed by atoms with Gasteiger partial charge in [-0.2, -0.15) is 0 Å². The molecule has 3 nitrogen and oxygen atoms in total. The molecule has 0 bridgehead atoms. The summed E-state index contributed by atoms with van der Waals surface area (Å²) in [5.74, 6) is 0. The molecular formula is C14H28NO2P. The van der Waals surface area contributed by atoms with Crippen LogP contribution >= 0.6 is 8.53 Å². The van der Waals surface area contributed by atoms with Crippen LogP contribution in [0.4, 0.5) is 0 Å². The lowest BCUT2D eigenvalue weighted by Crippen LogP contribution is -2.33. The van der Waals surface area contributed by atoms with Gasteiger partial charge in [0.15, 0.2) is 0 Å². The van der Waals surface area contributed by atoms with Crippen molar-refractivity contribution in [2.45, 2.75) is 78.0 Å². The fourth-order valence-electron chi connectivity index (χ4n) is 2.41. The Bertz CT molecular complexity index is 248. The van der Waals surface area contributed by atoms with E-state index >= 15 is 0 Å². The predicted molar refractivity (Wildman–Crippen MR) is 78.3 cm³/mol. The molecular weight excluding hydrogens is 245 g/mol. The van der Waals surface area contributed by atoms with Crippen LogP contribution in [0.15, 0.2) is 12.2 Å². The number of hydrogen-bond donors (Lipinski definition) is 1. The second kappa shape index (κ2) is 8.27. The number of allylic oxidation sites excluding steroid dienone is 2. The van der Waals surface area contributed by atoms with Crippen molar-refractivity contribution in [3.8, 4) is 0 Å². The molecule has 2 unspecified atom stereocenters. The topological polar surface area (TPSA) is 32.7 Å². The SMILES string of the molecule is CC(C)N(C(C)C)P(O)OC1CCC=CCCC1. The minimum absolute atomic E-state index is 0.214. The van der Waals surface area contributed by atoms with Gasteiger partial charge in [-0.1, -0.05) is 12.2 Å². The lowest BCUT2D eigenvalue weighted by molar-refractivity contribution is 0.140. The van der Waals surface area contributed by atoms with Crippen molar-refractivity contribution in [2.24, 2.45) is 0 Å². The van der Waals surface area contributed by atoms with Crippen molar-refractivity contribution in [3.05, 3.63) is 12.2 Å². The van der Waals surface area contributed by atoms with E-state index in [1.807, 2.05) is 0 Å². The van der Waals surface area contributed by atoms with Gasteiger partial charge in [-0.15, -0.1) is 0 Å². The minimum Gasteiger partial charge on any atom is -0.338 e. The molecule has 4 heteroatoms. The highest BCUT2D eigenvalue weighted by Gasteiger charge is 2.26. The molecule has 0 aliphatic heterocycles. The zero-order valence-corrected chi connectivity index (χ0v) is 13.1. The molecule has 0 spiro atoms. The molecule has 18 heavy (non-hydrogen) atoms. The highest BCUT2D eigenvalue weighted by atomic mass is 31.2. The van der Waals surface area contributed by atoms with Gasteiger partial charge in [0.25, 0.3) is 8.53 Å². The fourth-order valence-corrected chi connectivity index (χ4v) is 3.79. The second-order valence-corrected chi connectivity index (χ2v) is 6.71. The van der Waals surface area contributed by atoms with E-state index in [1.54, 1.807) is 0 Å². The summed E-state index contributed by atoms with van der Waals surface area (Å²) in [5, 5.41) is 0. The lowest BCUT2D eigenvalue weighted by atomic mass is 10.0. The summed E-state index contributed by atoms with van der Waals surface area (Å²) in [6.45, 7) is 8.43. The molecule has 1 aliphatic carbocycles. The zero-order chi connectivity index (χ0) is 13.5. The molecule has 2 atom stereocenters. The second-order valence-electron chi connectivity index (χ2n) is 5.53. The first-order valence-electron chi connectivity index (χ1n) is 7.11. The highest BCUT2D eigenvalue weighted by Crippen LogP contribution is 2.43. The summed E-state index contributed by atoms with van der Waals surface area (Å²) >= 11 is 0. The summed E-state index contributed by atoms with van der Waals surface area (Å²) in [6.07, 6.45) is 10.2. The van der Waals surface area contributed by atoms with Crippen LogP contribution in [0.3, 0.4) is 0 Å². The maximum atomic E-state index is 10.3. The summed E-state index contributed by atoms with van der Waals surface area (Å²) in [5.41, 5.74) is 0. The Kier molecular flexibility index (Phi) is 7.40. The van der Waals surface area contributed by atoms with Crippen molar-refractivity contribution in [3.63, 3.8) is 0 Å². The van der Waals surface area contributed by atoms with Crippen molar-refractivity contribution < 1.29 is 9.42 Å². The van der Waals surface area contributed by atoms with Crippen LogP contribution in [-0.4, -0.2) is 27.8 Å². The number of hydrogen-bond acceptors (Lipinski definition) is 3.